The minimum atomic E-state index is -0.837. The molecule has 2 aliphatic carbocycles. The quantitative estimate of drug-likeness (QED) is 0.691. The fraction of sp³-hybridized carbons (Fsp3) is 0.857. The molecule has 0 spiro atoms. The molecule has 0 bridgehead atoms. The molecule has 3 aliphatic rings. The second kappa shape index (κ2) is 3.33. The molecule has 0 amide bonds. The fourth-order valence-electron chi connectivity index (χ4n) is 3.85. The van der Waals surface area contributed by atoms with Gasteiger partial charge < -0.3 is 9.84 Å². The first kappa shape index (κ1) is 10.8. The summed E-state index contributed by atoms with van der Waals surface area (Å²) in [6, 6.07) is 0. The molecule has 90 valence electrons. The molecule has 1 N–H and O–H groups in total. The van der Waals surface area contributed by atoms with Crippen molar-refractivity contribution in [1.82, 2.24) is 0 Å². The summed E-state index contributed by atoms with van der Waals surface area (Å²) < 4.78 is 6.09. The molecule has 3 rings (SSSR count). The van der Waals surface area contributed by atoms with Gasteiger partial charge in [0.05, 0.1) is 6.10 Å². The van der Waals surface area contributed by atoms with E-state index in [-0.39, 0.29) is 11.5 Å². The van der Waals surface area contributed by atoms with Gasteiger partial charge in [0, 0.05) is 12.3 Å². The summed E-state index contributed by atoms with van der Waals surface area (Å²) in [5.41, 5.74) is 0.251. The third kappa shape index (κ3) is 1.46. The molecule has 0 aromatic carbocycles. The second-order valence-electron chi connectivity index (χ2n) is 6.51. The monoisotopic (exact) mass is 222 g/mol. The minimum Gasteiger partial charge on any atom is -0.365 e. The van der Waals surface area contributed by atoms with Crippen LogP contribution in [0.2, 0.25) is 0 Å². The molecule has 0 aromatic heterocycles. The molecule has 0 aromatic rings. The number of fused-ring (bicyclic) bond motifs is 1. The van der Waals surface area contributed by atoms with Gasteiger partial charge in [-0.25, -0.2) is 0 Å². The predicted octanol–water partition coefficient (Wildman–Crippen LogP) is 2.87. The summed E-state index contributed by atoms with van der Waals surface area (Å²) in [4.78, 5) is 0. The zero-order chi connectivity index (χ0) is 11.4. The molecule has 1 heterocycles. The van der Waals surface area contributed by atoms with Crippen molar-refractivity contribution in [2.24, 2.45) is 17.3 Å². The van der Waals surface area contributed by atoms with E-state index in [0.717, 1.165) is 19.3 Å². The summed E-state index contributed by atoms with van der Waals surface area (Å²) in [5.74, 6) is 0.0470. The molecule has 1 aliphatic heterocycles. The van der Waals surface area contributed by atoms with Gasteiger partial charge >= 0.3 is 0 Å². The van der Waals surface area contributed by atoms with Crippen molar-refractivity contribution >= 4 is 0 Å². The van der Waals surface area contributed by atoms with Crippen LogP contribution >= 0.6 is 0 Å². The number of allylic oxidation sites excluding steroid dienone is 2. The van der Waals surface area contributed by atoms with Crippen LogP contribution in [0.3, 0.4) is 0 Å². The van der Waals surface area contributed by atoms with Gasteiger partial charge in [-0.1, -0.05) is 26.0 Å². The van der Waals surface area contributed by atoms with Crippen LogP contribution in [0.5, 0.6) is 0 Å². The van der Waals surface area contributed by atoms with Crippen LogP contribution in [0, 0.1) is 17.3 Å². The first-order valence-corrected chi connectivity index (χ1v) is 6.56. The van der Waals surface area contributed by atoms with Gasteiger partial charge in [-0.3, -0.25) is 0 Å². The van der Waals surface area contributed by atoms with E-state index in [9.17, 15) is 5.11 Å². The zero-order valence-electron chi connectivity index (χ0n) is 10.3. The van der Waals surface area contributed by atoms with Crippen LogP contribution in [-0.4, -0.2) is 17.0 Å². The third-order valence-electron chi connectivity index (χ3n) is 4.89. The van der Waals surface area contributed by atoms with Crippen molar-refractivity contribution in [3.8, 4) is 0 Å². The SMILES string of the molecule is CC1(C)CC[C@@H]2C[C@](O)(C3CC=CC3)O[C@@H]21. The summed E-state index contributed by atoms with van der Waals surface area (Å²) in [6.07, 6.45) is 9.90. The summed E-state index contributed by atoms with van der Waals surface area (Å²) >= 11 is 0. The van der Waals surface area contributed by atoms with Crippen LogP contribution in [0.15, 0.2) is 12.2 Å². The van der Waals surface area contributed by atoms with Crippen molar-refractivity contribution in [2.75, 3.05) is 0 Å². The molecule has 2 heteroatoms. The van der Waals surface area contributed by atoms with Gasteiger partial charge in [0.15, 0.2) is 5.79 Å². The number of hydrogen-bond acceptors (Lipinski definition) is 2. The third-order valence-corrected chi connectivity index (χ3v) is 4.89. The lowest BCUT2D eigenvalue weighted by atomic mass is 9.86. The summed E-state index contributed by atoms with van der Waals surface area (Å²) in [6.45, 7) is 4.55. The number of rotatable bonds is 1. The molecular weight excluding hydrogens is 200 g/mol. The maximum atomic E-state index is 10.7. The Morgan fingerprint density at radius 3 is 2.56 bits per heavy atom. The van der Waals surface area contributed by atoms with E-state index >= 15 is 0 Å². The highest BCUT2D eigenvalue weighted by molar-refractivity contribution is 5.06. The van der Waals surface area contributed by atoms with Gasteiger partial charge in [-0.15, -0.1) is 0 Å². The van der Waals surface area contributed by atoms with E-state index in [4.69, 9.17) is 4.74 Å². The molecular formula is C14H22O2. The van der Waals surface area contributed by atoms with Crippen LogP contribution in [-0.2, 0) is 4.74 Å². The lowest BCUT2D eigenvalue weighted by molar-refractivity contribution is -0.236. The molecule has 0 unspecified atom stereocenters. The van der Waals surface area contributed by atoms with Crippen LogP contribution < -0.4 is 0 Å². The first-order chi connectivity index (χ1) is 7.51. The van der Waals surface area contributed by atoms with E-state index in [1.807, 2.05) is 0 Å². The largest absolute Gasteiger partial charge is 0.365 e. The highest BCUT2D eigenvalue weighted by Gasteiger charge is 2.56. The molecule has 16 heavy (non-hydrogen) atoms. The standard InChI is InChI=1S/C14H22O2/c1-13(2)8-7-10-9-14(15,16-12(10)13)11-5-3-4-6-11/h3-4,10-12,15H,5-9H2,1-2H3/t10-,12+,14-/m1/s1. The minimum absolute atomic E-state index is 0.251. The summed E-state index contributed by atoms with van der Waals surface area (Å²) in [7, 11) is 0. The Balaban J connectivity index is 1.77. The van der Waals surface area contributed by atoms with Crippen LogP contribution in [0.1, 0.15) is 46.0 Å². The zero-order valence-corrected chi connectivity index (χ0v) is 10.3. The fourth-order valence-corrected chi connectivity index (χ4v) is 3.85. The number of aliphatic hydroxyl groups is 1. The van der Waals surface area contributed by atoms with Gasteiger partial charge in [-0.05, 0) is 37.0 Å². The molecule has 2 nitrogen and oxygen atoms in total. The highest BCUT2D eigenvalue weighted by Crippen LogP contribution is 2.54. The highest BCUT2D eigenvalue weighted by atomic mass is 16.6. The Morgan fingerprint density at radius 1 is 1.25 bits per heavy atom. The average Bonchev–Trinajstić information content (AvgIpc) is 2.85. The Hall–Kier alpha value is -0.340. The molecule has 3 atom stereocenters. The number of ether oxygens (including phenoxy) is 1. The van der Waals surface area contributed by atoms with Crippen molar-refractivity contribution in [1.29, 1.82) is 0 Å². The number of hydrogen-bond donors (Lipinski definition) is 1. The van der Waals surface area contributed by atoms with E-state index < -0.39 is 5.79 Å². The van der Waals surface area contributed by atoms with Gasteiger partial charge in [0.25, 0.3) is 0 Å². The Morgan fingerprint density at radius 2 is 1.94 bits per heavy atom. The smallest absolute Gasteiger partial charge is 0.169 e. The van der Waals surface area contributed by atoms with E-state index in [1.165, 1.54) is 12.8 Å². The lowest BCUT2D eigenvalue weighted by Gasteiger charge is -2.33. The van der Waals surface area contributed by atoms with Crippen molar-refractivity contribution in [2.45, 2.75) is 57.8 Å². The maximum absolute atomic E-state index is 10.7. The van der Waals surface area contributed by atoms with Gasteiger partial charge in [0.2, 0.25) is 0 Å². The van der Waals surface area contributed by atoms with Gasteiger partial charge in [-0.2, -0.15) is 0 Å². The van der Waals surface area contributed by atoms with Gasteiger partial charge in [0.1, 0.15) is 0 Å². The Bertz CT molecular complexity index is 313. The van der Waals surface area contributed by atoms with E-state index in [2.05, 4.69) is 26.0 Å². The van der Waals surface area contributed by atoms with Crippen molar-refractivity contribution < 1.29 is 9.84 Å². The lowest BCUT2D eigenvalue weighted by Crippen LogP contribution is -2.39. The average molecular weight is 222 g/mol. The van der Waals surface area contributed by atoms with Crippen LogP contribution in [0.4, 0.5) is 0 Å². The molecule has 0 radical (unpaired) electrons. The molecule has 1 saturated carbocycles. The van der Waals surface area contributed by atoms with E-state index in [0.29, 0.717) is 11.8 Å². The van der Waals surface area contributed by atoms with E-state index in [1.54, 1.807) is 0 Å². The molecule has 2 fully saturated rings. The Kier molecular flexibility index (Phi) is 2.25. The van der Waals surface area contributed by atoms with Crippen LogP contribution in [0.25, 0.3) is 0 Å². The maximum Gasteiger partial charge on any atom is 0.169 e. The predicted molar refractivity (Wildman–Crippen MR) is 62.8 cm³/mol. The topological polar surface area (TPSA) is 29.5 Å². The van der Waals surface area contributed by atoms with Crippen molar-refractivity contribution in [3.63, 3.8) is 0 Å². The normalized spacial score (nSPS) is 46.4. The first-order valence-electron chi connectivity index (χ1n) is 6.56. The second-order valence-corrected chi connectivity index (χ2v) is 6.51. The van der Waals surface area contributed by atoms with Crippen molar-refractivity contribution in [3.05, 3.63) is 12.2 Å². The molecule has 1 saturated heterocycles. The Labute approximate surface area is 97.7 Å². The summed E-state index contributed by atoms with van der Waals surface area (Å²) in [5, 5.41) is 10.7.